The summed E-state index contributed by atoms with van der Waals surface area (Å²) in [5.41, 5.74) is 6.81. The Labute approximate surface area is 84.5 Å². The van der Waals surface area contributed by atoms with Crippen molar-refractivity contribution in [3.05, 3.63) is 29.8 Å². The fraction of sp³-hybridized carbons (Fsp3) is 0.400. The van der Waals surface area contributed by atoms with E-state index in [2.05, 4.69) is 18.7 Å². The van der Waals surface area contributed by atoms with Gasteiger partial charge in [0.15, 0.2) is 0 Å². The molecular weight excluding hydrogens is 182 g/mol. The van der Waals surface area contributed by atoms with E-state index in [1.54, 1.807) is 7.11 Å². The largest absolute Gasteiger partial charge is 0.497 e. The SMILES string of the molecule is COc1cccc(C(CN)CS)c1. The molecule has 0 bridgehead atoms. The lowest BCUT2D eigenvalue weighted by Gasteiger charge is -2.12. The van der Waals surface area contributed by atoms with Gasteiger partial charge >= 0.3 is 0 Å². The molecule has 0 heterocycles. The van der Waals surface area contributed by atoms with Crippen LogP contribution in [0.3, 0.4) is 0 Å². The van der Waals surface area contributed by atoms with Crippen molar-refractivity contribution in [2.75, 3.05) is 19.4 Å². The second kappa shape index (κ2) is 5.14. The van der Waals surface area contributed by atoms with Crippen molar-refractivity contribution in [2.24, 2.45) is 5.73 Å². The van der Waals surface area contributed by atoms with Gasteiger partial charge in [-0.3, -0.25) is 0 Å². The average molecular weight is 197 g/mol. The maximum atomic E-state index is 5.62. The van der Waals surface area contributed by atoms with Crippen LogP contribution in [0.4, 0.5) is 0 Å². The number of hydrogen-bond donors (Lipinski definition) is 2. The van der Waals surface area contributed by atoms with Crippen molar-refractivity contribution in [3.63, 3.8) is 0 Å². The smallest absolute Gasteiger partial charge is 0.119 e. The van der Waals surface area contributed by atoms with Crippen LogP contribution in [-0.4, -0.2) is 19.4 Å². The number of hydrogen-bond acceptors (Lipinski definition) is 3. The minimum Gasteiger partial charge on any atom is -0.497 e. The van der Waals surface area contributed by atoms with E-state index in [1.807, 2.05) is 18.2 Å². The molecular formula is C10H15NOS. The number of ether oxygens (including phenoxy) is 1. The fourth-order valence-corrected chi connectivity index (χ4v) is 1.57. The van der Waals surface area contributed by atoms with Crippen molar-refractivity contribution in [2.45, 2.75) is 5.92 Å². The molecule has 1 aromatic carbocycles. The first kappa shape index (κ1) is 10.4. The fourth-order valence-electron chi connectivity index (χ4n) is 1.21. The van der Waals surface area contributed by atoms with Crippen molar-refractivity contribution >= 4 is 12.6 Å². The topological polar surface area (TPSA) is 35.2 Å². The molecule has 0 radical (unpaired) electrons. The minimum absolute atomic E-state index is 0.318. The van der Waals surface area contributed by atoms with Gasteiger partial charge in [0.05, 0.1) is 7.11 Å². The van der Waals surface area contributed by atoms with Crippen LogP contribution in [0.15, 0.2) is 24.3 Å². The lowest BCUT2D eigenvalue weighted by atomic mass is 10.0. The summed E-state index contributed by atoms with van der Waals surface area (Å²) in [6, 6.07) is 7.96. The first-order valence-corrected chi connectivity index (χ1v) is 4.90. The molecule has 2 N–H and O–H groups in total. The van der Waals surface area contributed by atoms with Crippen LogP contribution in [-0.2, 0) is 0 Å². The van der Waals surface area contributed by atoms with Crippen molar-refractivity contribution in [3.8, 4) is 5.75 Å². The second-order valence-corrected chi connectivity index (χ2v) is 3.26. The van der Waals surface area contributed by atoms with Gasteiger partial charge in [-0.05, 0) is 30.0 Å². The predicted molar refractivity (Wildman–Crippen MR) is 58.6 cm³/mol. The monoisotopic (exact) mass is 197 g/mol. The Kier molecular flexibility index (Phi) is 4.12. The minimum atomic E-state index is 0.318. The van der Waals surface area contributed by atoms with Gasteiger partial charge in [-0.15, -0.1) is 0 Å². The molecule has 13 heavy (non-hydrogen) atoms. The second-order valence-electron chi connectivity index (χ2n) is 2.89. The average Bonchev–Trinajstić information content (AvgIpc) is 2.20. The third-order valence-corrected chi connectivity index (χ3v) is 2.51. The Hall–Kier alpha value is -0.670. The Morgan fingerprint density at radius 2 is 2.31 bits per heavy atom. The summed E-state index contributed by atoms with van der Waals surface area (Å²) in [6.45, 7) is 0.622. The molecule has 0 aromatic heterocycles. The normalized spacial score (nSPS) is 12.5. The summed E-state index contributed by atoms with van der Waals surface area (Å²) in [6.07, 6.45) is 0. The number of methoxy groups -OCH3 is 1. The van der Waals surface area contributed by atoms with E-state index in [0.29, 0.717) is 12.5 Å². The molecule has 0 aliphatic rings. The van der Waals surface area contributed by atoms with Gasteiger partial charge in [-0.25, -0.2) is 0 Å². The third-order valence-electron chi connectivity index (χ3n) is 2.07. The van der Waals surface area contributed by atoms with Crippen LogP contribution >= 0.6 is 12.6 Å². The quantitative estimate of drug-likeness (QED) is 0.720. The zero-order valence-electron chi connectivity index (χ0n) is 7.73. The highest BCUT2D eigenvalue weighted by molar-refractivity contribution is 7.80. The molecule has 1 rings (SSSR count). The van der Waals surface area contributed by atoms with Gasteiger partial charge < -0.3 is 10.5 Å². The zero-order valence-corrected chi connectivity index (χ0v) is 8.63. The summed E-state index contributed by atoms with van der Waals surface area (Å²) in [4.78, 5) is 0. The summed E-state index contributed by atoms with van der Waals surface area (Å²) in [7, 11) is 1.66. The predicted octanol–water partition coefficient (Wildman–Crippen LogP) is 1.67. The maximum Gasteiger partial charge on any atom is 0.119 e. The van der Waals surface area contributed by atoms with Gasteiger partial charge in [0.25, 0.3) is 0 Å². The van der Waals surface area contributed by atoms with E-state index in [1.165, 1.54) is 5.56 Å². The first-order chi connectivity index (χ1) is 6.31. The molecule has 72 valence electrons. The molecule has 0 amide bonds. The molecule has 0 spiro atoms. The Morgan fingerprint density at radius 3 is 2.85 bits per heavy atom. The van der Waals surface area contributed by atoms with Gasteiger partial charge in [-0.2, -0.15) is 12.6 Å². The molecule has 0 saturated heterocycles. The molecule has 0 aliphatic heterocycles. The first-order valence-electron chi connectivity index (χ1n) is 4.26. The lowest BCUT2D eigenvalue weighted by Crippen LogP contribution is -2.13. The third kappa shape index (κ3) is 2.64. The number of rotatable bonds is 4. The van der Waals surface area contributed by atoms with E-state index in [-0.39, 0.29) is 0 Å². The maximum absolute atomic E-state index is 5.62. The van der Waals surface area contributed by atoms with Gasteiger partial charge in [0.1, 0.15) is 5.75 Å². The number of thiol groups is 1. The highest BCUT2D eigenvalue weighted by Gasteiger charge is 2.07. The standard InChI is InChI=1S/C10H15NOS/c1-12-10-4-2-3-8(5-10)9(6-11)7-13/h2-5,9,13H,6-7,11H2,1H3. The lowest BCUT2D eigenvalue weighted by molar-refractivity contribution is 0.414. The van der Waals surface area contributed by atoms with Crippen LogP contribution in [0.2, 0.25) is 0 Å². The Bertz CT molecular complexity index is 261. The van der Waals surface area contributed by atoms with Crippen LogP contribution in [0.1, 0.15) is 11.5 Å². The summed E-state index contributed by atoms with van der Waals surface area (Å²) in [5, 5.41) is 0. The summed E-state index contributed by atoms with van der Waals surface area (Å²) in [5.74, 6) is 1.96. The van der Waals surface area contributed by atoms with Crippen LogP contribution in [0.5, 0.6) is 5.75 Å². The molecule has 3 heteroatoms. The molecule has 1 unspecified atom stereocenters. The number of benzene rings is 1. The van der Waals surface area contributed by atoms with Crippen LogP contribution < -0.4 is 10.5 Å². The summed E-state index contributed by atoms with van der Waals surface area (Å²) >= 11 is 4.25. The molecule has 2 nitrogen and oxygen atoms in total. The van der Waals surface area contributed by atoms with E-state index >= 15 is 0 Å². The Morgan fingerprint density at radius 1 is 1.54 bits per heavy atom. The van der Waals surface area contributed by atoms with E-state index < -0.39 is 0 Å². The van der Waals surface area contributed by atoms with E-state index in [4.69, 9.17) is 10.5 Å². The summed E-state index contributed by atoms with van der Waals surface area (Å²) < 4.78 is 5.13. The van der Waals surface area contributed by atoms with Gasteiger partial charge in [0.2, 0.25) is 0 Å². The number of nitrogens with two attached hydrogens (primary N) is 1. The molecule has 0 fully saturated rings. The molecule has 1 aromatic rings. The van der Waals surface area contributed by atoms with Crippen molar-refractivity contribution in [1.82, 2.24) is 0 Å². The molecule has 0 saturated carbocycles. The highest BCUT2D eigenvalue weighted by atomic mass is 32.1. The van der Waals surface area contributed by atoms with Crippen molar-refractivity contribution < 1.29 is 4.74 Å². The Balaban J connectivity index is 2.86. The molecule has 1 atom stereocenters. The van der Waals surface area contributed by atoms with Crippen LogP contribution in [0, 0.1) is 0 Å². The zero-order chi connectivity index (χ0) is 9.68. The van der Waals surface area contributed by atoms with E-state index in [9.17, 15) is 0 Å². The van der Waals surface area contributed by atoms with Crippen LogP contribution in [0.25, 0.3) is 0 Å². The van der Waals surface area contributed by atoms with Gasteiger partial charge in [-0.1, -0.05) is 12.1 Å². The van der Waals surface area contributed by atoms with Gasteiger partial charge in [0, 0.05) is 5.92 Å². The van der Waals surface area contributed by atoms with Crippen molar-refractivity contribution in [1.29, 1.82) is 0 Å². The highest BCUT2D eigenvalue weighted by Crippen LogP contribution is 2.20. The molecule has 0 aliphatic carbocycles. The van der Waals surface area contributed by atoms with E-state index in [0.717, 1.165) is 11.5 Å².